The standard InChI is InChI=1S/3Mo.3Na.6H3O4P.6H2S.2V.3H/c;;;;;;6*1-5(2,3)4;;;;;;;;;;;/h;;;;;;6*(H3,1,2,3,4);6*1H2;;;;;. The van der Waals surface area contributed by atoms with Crippen molar-refractivity contribution in [2.45, 2.75) is 0 Å². The summed E-state index contributed by atoms with van der Waals surface area (Å²) in [6, 6.07) is 0. The number of hydrogen-bond acceptors (Lipinski definition) is 6. The van der Waals surface area contributed by atoms with Crippen LogP contribution in [-0.2, 0) is 128 Å². The van der Waals surface area contributed by atoms with Crippen molar-refractivity contribution in [3.05, 3.63) is 0 Å². The molecule has 24 nitrogen and oxygen atoms in total. The Labute approximate surface area is 425 Å². The summed E-state index contributed by atoms with van der Waals surface area (Å²) in [7, 11) is -27.8. The zero-order chi connectivity index (χ0) is 27.0. The first kappa shape index (κ1) is 132. The van der Waals surface area contributed by atoms with E-state index in [1.165, 1.54) is 0 Å². The maximum atomic E-state index is 8.88. The molecule has 0 bridgehead atoms. The maximum Gasteiger partial charge on any atom is 0 e. The molecule has 0 aliphatic heterocycles. The van der Waals surface area contributed by atoms with Crippen LogP contribution in [0.1, 0.15) is 0 Å². The summed E-state index contributed by atoms with van der Waals surface area (Å²) in [5.41, 5.74) is 0. The second kappa shape index (κ2) is 66.8. The fourth-order valence-corrected chi connectivity index (χ4v) is 0. The molecule has 0 aromatic heterocycles. The molecule has 0 saturated carbocycles. The maximum absolute atomic E-state index is 8.88. The van der Waals surface area contributed by atoms with E-state index in [0.717, 1.165) is 0 Å². The van der Waals surface area contributed by atoms with E-state index >= 15 is 0 Å². The second-order valence-electron chi connectivity index (χ2n) is 3.08. The Morgan fingerprint density at radius 1 is 0.227 bits per heavy atom. The quantitative estimate of drug-likeness (QED) is 0.0792. The molecule has 0 aliphatic carbocycles. The number of rotatable bonds is 0. The third-order valence-electron chi connectivity index (χ3n) is 0. The van der Waals surface area contributed by atoms with E-state index in [4.69, 9.17) is 115 Å². The average molecular weight is 1250 g/mol. The van der Waals surface area contributed by atoms with Gasteiger partial charge in [0.15, 0.2) is 0 Å². The molecule has 0 unspecified atom stereocenters. The van der Waals surface area contributed by atoms with Crippen LogP contribution in [0.3, 0.4) is 0 Å². The van der Waals surface area contributed by atoms with Crippen molar-refractivity contribution in [2.24, 2.45) is 0 Å². The molecule has 18 N–H and O–H groups in total. The monoisotopic (exact) mass is 1260 g/mol. The van der Waals surface area contributed by atoms with Crippen LogP contribution >= 0.6 is 128 Å². The van der Waals surface area contributed by atoms with Crippen LogP contribution < -0.4 is 0 Å². The molecule has 0 rings (SSSR count). The van der Waals surface area contributed by atoms with Gasteiger partial charge < -0.3 is 88.1 Å². The Kier molecular flexibility index (Phi) is 200. The van der Waals surface area contributed by atoms with E-state index in [9.17, 15) is 0 Å². The predicted octanol–water partition coefficient (Wildman–Crippen LogP) is -6.85. The van der Waals surface area contributed by atoms with Gasteiger partial charge in [-0.1, -0.05) is 0 Å². The summed E-state index contributed by atoms with van der Waals surface area (Å²) in [4.78, 5) is 129. The zero-order valence-electron chi connectivity index (χ0n) is 18.3. The Morgan fingerprint density at radius 3 is 0.227 bits per heavy atom. The van der Waals surface area contributed by atoms with Gasteiger partial charge in [-0.2, -0.15) is 81.0 Å². The molecular formula is H33Mo3Na3O24P6S6V2. The Hall–Kier alpha value is 8.99. The molecule has 0 aliphatic rings. The fourth-order valence-electron chi connectivity index (χ4n) is 0. The SMILES string of the molecule is O=P(O)(O)O.O=P(O)(O)O.O=P(O)(O)O.O=P(O)(O)O.O=P(O)(O)O.O=P(O)(O)O.S.S.S.S.S.S.[Mo].[Mo].[Mo].[NaH].[NaH].[NaH].[V].[V]. The van der Waals surface area contributed by atoms with Crippen LogP contribution in [0.25, 0.3) is 0 Å². The Balaban J connectivity index is -0.00000000821. The van der Waals surface area contributed by atoms with Crippen molar-refractivity contribution < 1.29 is 216 Å². The van der Waals surface area contributed by atoms with E-state index in [-0.39, 0.29) is 270 Å². The minimum atomic E-state index is -4.64. The predicted molar refractivity (Wildman–Crippen MR) is 169 cm³/mol. The summed E-state index contributed by atoms with van der Waals surface area (Å²) < 4.78 is 53.3. The molecule has 0 heterocycles. The molecule has 0 saturated heterocycles. The molecule has 0 atom stereocenters. The van der Waals surface area contributed by atoms with Gasteiger partial charge in [0.2, 0.25) is 0 Å². The van der Waals surface area contributed by atoms with Gasteiger partial charge in [0, 0.05) is 100 Å². The zero-order valence-corrected chi connectivity index (χ0v) is 38.5. The fraction of sp³-hybridized carbons (Fsp3) is 0. The molecule has 44 heavy (non-hydrogen) atoms. The summed E-state index contributed by atoms with van der Waals surface area (Å²) in [5.74, 6) is 0. The smallest absolute Gasteiger partial charge is 0 e. The van der Waals surface area contributed by atoms with Crippen LogP contribution in [0.15, 0.2) is 0 Å². The molecule has 274 valence electrons. The summed E-state index contributed by atoms with van der Waals surface area (Å²) in [6.45, 7) is 0. The first-order valence-electron chi connectivity index (χ1n) is 4.70. The van der Waals surface area contributed by atoms with E-state index in [1.54, 1.807) is 0 Å². The van der Waals surface area contributed by atoms with E-state index in [1.807, 2.05) is 0 Å². The van der Waals surface area contributed by atoms with E-state index in [0.29, 0.717) is 0 Å². The molecule has 0 spiro atoms. The second-order valence-corrected chi connectivity index (χ2v) is 9.24. The largest absolute Gasteiger partial charge is 0 e. The van der Waals surface area contributed by atoms with Crippen molar-refractivity contribution in [1.82, 2.24) is 0 Å². The van der Waals surface area contributed by atoms with Crippen molar-refractivity contribution in [3.63, 3.8) is 0 Å². The van der Waals surface area contributed by atoms with Gasteiger partial charge in [-0.3, -0.25) is 0 Å². The van der Waals surface area contributed by atoms with Crippen molar-refractivity contribution >= 4 is 217 Å². The topological polar surface area (TPSA) is 467 Å². The summed E-state index contributed by atoms with van der Waals surface area (Å²) in [6.07, 6.45) is 0. The summed E-state index contributed by atoms with van der Waals surface area (Å²) >= 11 is 0. The molecule has 0 aromatic rings. The Morgan fingerprint density at radius 2 is 0.227 bits per heavy atom. The van der Waals surface area contributed by atoms with Crippen LogP contribution in [0.4, 0.5) is 0 Å². The van der Waals surface area contributed by atoms with Gasteiger partial charge >= 0.3 is 136 Å². The minimum absolute atomic E-state index is 0. The van der Waals surface area contributed by atoms with Crippen molar-refractivity contribution in [3.8, 4) is 0 Å². The number of phosphoric acid groups is 6. The van der Waals surface area contributed by atoms with Gasteiger partial charge in [-0.05, 0) is 0 Å². The van der Waals surface area contributed by atoms with Crippen LogP contribution in [0, 0.1) is 0 Å². The van der Waals surface area contributed by atoms with Crippen LogP contribution in [-0.4, -0.2) is 177 Å². The van der Waals surface area contributed by atoms with E-state index < -0.39 is 46.9 Å². The minimum Gasteiger partial charge on any atom is 0 e. The van der Waals surface area contributed by atoms with Crippen LogP contribution in [0.5, 0.6) is 0 Å². The Bertz CT molecular complexity index is 520. The van der Waals surface area contributed by atoms with Gasteiger partial charge in [-0.15, -0.1) is 0 Å². The van der Waals surface area contributed by atoms with Gasteiger partial charge in [0.05, 0.1) is 0 Å². The first-order valence-corrected chi connectivity index (χ1v) is 14.1. The normalized spacial score (nSPS) is 8.05. The van der Waals surface area contributed by atoms with Crippen molar-refractivity contribution in [2.75, 3.05) is 0 Å². The molecule has 0 aromatic carbocycles. The molecule has 0 fully saturated rings. The summed E-state index contributed by atoms with van der Waals surface area (Å²) in [5, 5.41) is 0. The van der Waals surface area contributed by atoms with Crippen LogP contribution in [0.2, 0.25) is 0 Å². The van der Waals surface area contributed by atoms with Gasteiger partial charge in [0.1, 0.15) is 0 Å². The van der Waals surface area contributed by atoms with Gasteiger partial charge in [0.25, 0.3) is 0 Å². The van der Waals surface area contributed by atoms with Crippen molar-refractivity contribution in [1.29, 1.82) is 0 Å². The molecular weight excluding hydrogens is 1220 g/mol. The molecule has 44 heteroatoms. The third kappa shape index (κ3) is 1580. The average Bonchev–Trinajstić information content (AvgIpc) is 1.94. The number of hydrogen-bond donors (Lipinski definition) is 18. The first-order chi connectivity index (χ1) is 12.0. The molecule has 2 radical (unpaired) electrons. The van der Waals surface area contributed by atoms with E-state index in [2.05, 4.69) is 0 Å². The molecule has 0 amide bonds. The third-order valence-corrected chi connectivity index (χ3v) is 0. The van der Waals surface area contributed by atoms with Gasteiger partial charge in [-0.25, -0.2) is 27.4 Å².